The smallest absolute Gasteiger partial charge is 0.103 e. The summed E-state index contributed by atoms with van der Waals surface area (Å²) in [5.74, 6) is 2.27. The molecule has 3 unspecified atom stereocenters. The van der Waals surface area contributed by atoms with Crippen molar-refractivity contribution in [2.45, 2.75) is 37.6 Å². The first kappa shape index (κ1) is 17.3. The zero-order valence-corrected chi connectivity index (χ0v) is 10.1. The normalized spacial score (nSPS) is 27.3. The van der Waals surface area contributed by atoms with Crippen molar-refractivity contribution in [2.75, 3.05) is 19.8 Å². The number of terminal acetylenes is 1. The number of rotatable bonds is 4. The summed E-state index contributed by atoms with van der Waals surface area (Å²) in [5, 5.41) is 43.2. The molecule has 0 bridgehead atoms. The molecule has 0 amide bonds. The van der Waals surface area contributed by atoms with Crippen LogP contribution in [-0.4, -0.2) is 69.0 Å². The van der Waals surface area contributed by atoms with E-state index in [1.54, 1.807) is 0 Å². The van der Waals surface area contributed by atoms with Crippen LogP contribution in [-0.2, 0) is 4.74 Å². The van der Waals surface area contributed by atoms with Gasteiger partial charge in [-0.2, -0.15) is 0 Å². The van der Waals surface area contributed by atoms with E-state index in [2.05, 4.69) is 5.92 Å². The monoisotopic (exact) mass is 263 g/mol. The highest BCUT2D eigenvalue weighted by molar-refractivity contribution is 4.82. The summed E-state index contributed by atoms with van der Waals surface area (Å²) in [6.45, 7) is 0.271. The summed E-state index contributed by atoms with van der Waals surface area (Å²) in [6, 6.07) is 0. The lowest BCUT2D eigenvalue weighted by Crippen LogP contribution is -2.42. The Morgan fingerprint density at radius 1 is 1.28 bits per heavy atom. The van der Waals surface area contributed by atoms with Gasteiger partial charge >= 0.3 is 0 Å². The molecule has 0 aromatic rings. The molecular weight excluding hydrogens is 242 g/mol. The molecule has 1 fully saturated rings. The Morgan fingerprint density at radius 2 is 1.94 bits per heavy atom. The maximum atomic E-state index is 9.24. The third kappa shape index (κ3) is 8.38. The van der Waals surface area contributed by atoms with E-state index in [-0.39, 0.29) is 31.1 Å². The molecule has 0 spiro atoms. The fourth-order valence-corrected chi connectivity index (χ4v) is 1.37. The molecule has 3 atom stereocenters. The van der Waals surface area contributed by atoms with Crippen molar-refractivity contribution in [2.24, 2.45) is 0 Å². The van der Waals surface area contributed by atoms with Gasteiger partial charge in [0.15, 0.2) is 0 Å². The van der Waals surface area contributed by atoms with Crippen LogP contribution in [0.4, 0.5) is 0 Å². The first-order valence-corrected chi connectivity index (χ1v) is 5.68. The Bertz CT molecular complexity index is 242. The van der Waals surface area contributed by atoms with E-state index >= 15 is 0 Å². The summed E-state index contributed by atoms with van der Waals surface area (Å²) in [6.07, 6.45) is 4.12. The molecule has 1 saturated heterocycles. The van der Waals surface area contributed by atoms with E-state index in [9.17, 15) is 5.11 Å². The van der Waals surface area contributed by atoms with Gasteiger partial charge in [-0.15, -0.1) is 12.3 Å². The second-order valence-electron chi connectivity index (χ2n) is 3.89. The first-order valence-electron chi connectivity index (χ1n) is 5.68. The average molecular weight is 263 g/mol. The Kier molecular flexibility index (Phi) is 9.82. The van der Waals surface area contributed by atoms with Crippen molar-refractivity contribution in [1.82, 2.24) is 5.23 Å². The number of hydrogen-bond acceptors (Lipinski definition) is 7. The van der Waals surface area contributed by atoms with Gasteiger partial charge in [-0.05, 0) is 6.42 Å². The van der Waals surface area contributed by atoms with Crippen LogP contribution in [0.1, 0.15) is 19.3 Å². The van der Waals surface area contributed by atoms with Gasteiger partial charge in [0.1, 0.15) is 6.10 Å². The van der Waals surface area contributed by atoms with Crippen LogP contribution >= 0.6 is 0 Å². The van der Waals surface area contributed by atoms with E-state index in [0.29, 0.717) is 19.3 Å². The average Bonchev–Trinajstić information content (AvgIpc) is 2.32. The molecule has 0 aliphatic carbocycles. The van der Waals surface area contributed by atoms with Gasteiger partial charge in [0.05, 0.1) is 32.0 Å². The van der Waals surface area contributed by atoms with Gasteiger partial charge < -0.3 is 20.1 Å². The van der Waals surface area contributed by atoms with Crippen molar-refractivity contribution in [1.29, 1.82) is 0 Å². The van der Waals surface area contributed by atoms with Crippen molar-refractivity contribution >= 4 is 0 Å². The van der Waals surface area contributed by atoms with E-state index in [1.165, 1.54) is 0 Å². The molecule has 1 aliphatic heterocycles. The second-order valence-corrected chi connectivity index (χ2v) is 3.89. The molecule has 18 heavy (non-hydrogen) atoms. The lowest BCUT2D eigenvalue weighted by Gasteiger charge is -2.30. The highest BCUT2D eigenvalue weighted by Gasteiger charge is 2.28. The molecule has 5 N–H and O–H groups in total. The quantitative estimate of drug-likeness (QED) is 0.325. The van der Waals surface area contributed by atoms with E-state index in [0.717, 1.165) is 0 Å². The maximum Gasteiger partial charge on any atom is 0.103 e. The lowest BCUT2D eigenvalue weighted by atomic mass is 10.0. The van der Waals surface area contributed by atoms with Crippen LogP contribution in [0.25, 0.3) is 0 Å². The Morgan fingerprint density at radius 3 is 2.33 bits per heavy atom. The topological polar surface area (TPSA) is 114 Å². The van der Waals surface area contributed by atoms with Crippen LogP contribution in [0, 0.1) is 12.3 Å². The molecule has 0 radical (unpaired) electrons. The van der Waals surface area contributed by atoms with Crippen molar-refractivity contribution in [3.8, 4) is 12.3 Å². The number of aliphatic hydroxyl groups is 3. The number of aliphatic hydroxyl groups excluding tert-OH is 3. The number of hydrogen-bond donors (Lipinski definition) is 5. The minimum Gasteiger partial charge on any atom is -0.395 e. The molecule has 1 aliphatic rings. The SMILES string of the molecule is C#CCCO.OC1COC(CCN(O)O)CC1O. The van der Waals surface area contributed by atoms with E-state index in [4.69, 9.17) is 31.8 Å². The summed E-state index contributed by atoms with van der Waals surface area (Å²) in [4.78, 5) is 0. The fraction of sp³-hybridized carbons (Fsp3) is 0.818. The van der Waals surface area contributed by atoms with E-state index < -0.39 is 12.2 Å². The minimum atomic E-state index is -0.824. The Labute approximate surface area is 106 Å². The number of ether oxygens (including phenoxy) is 1. The maximum absolute atomic E-state index is 9.24. The van der Waals surface area contributed by atoms with Crippen LogP contribution in [0.2, 0.25) is 0 Å². The van der Waals surface area contributed by atoms with Crippen LogP contribution in [0.3, 0.4) is 0 Å². The molecule has 7 heteroatoms. The van der Waals surface area contributed by atoms with Gasteiger partial charge in [-0.3, -0.25) is 10.4 Å². The molecule has 0 saturated carbocycles. The number of hydroxylamine groups is 2. The van der Waals surface area contributed by atoms with Gasteiger partial charge in [0, 0.05) is 12.8 Å². The largest absolute Gasteiger partial charge is 0.395 e. The van der Waals surface area contributed by atoms with Gasteiger partial charge in [0.25, 0.3) is 0 Å². The molecule has 106 valence electrons. The van der Waals surface area contributed by atoms with Crippen molar-refractivity contribution < 1.29 is 30.5 Å². The van der Waals surface area contributed by atoms with Gasteiger partial charge in [-0.1, -0.05) is 5.23 Å². The molecule has 1 rings (SSSR count). The summed E-state index contributed by atoms with van der Waals surface area (Å²) < 4.78 is 5.15. The third-order valence-electron chi connectivity index (χ3n) is 2.36. The molecule has 0 aromatic carbocycles. The number of nitrogens with zero attached hydrogens (tertiary/aromatic N) is 1. The molecule has 0 aromatic heterocycles. The van der Waals surface area contributed by atoms with Gasteiger partial charge in [-0.25, -0.2) is 0 Å². The predicted octanol–water partition coefficient (Wildman–Crippen LogP) is -1.03. The summed E-state index contributed by atoms with van der Waals surface area (Å²) >= 11 is 0. The standard InChI is InChI=1S/C7H15NO5.C4H6O/c9-6-3-5(1-2-8(11)12)13-4-7(6)10;1-2-3-4-5/h5-7,9-12H,1-4H2;1,5H,3-4H2. The van der Waals surface area contributed by atoms with Crippen LogP contribution in [0.15, 0.2) is 0 Å². The Hall–Kier alpha value is -0.720. The molecule has 7 nitrogen and oxygen atoms in total. The zero-order chi connectivity index (χ0) is 14.0. The highest BCUT2D eigenvalue weighted by atomic mass is 16.8. The fourth-order valence-electron chi connectivity index (χ4n) is 1.37. The first-order chi connectivity index (χ1) is 8.51. The van der Waals surface area contributed by atoms with Crippen molar-refractivity contribution in [3.05, 3.63) is 0 Å². The lowest BCUT2D eigenvalue weighted by molar-refractivity contribution is -0.309. The predicted molar refractivity (Wildman–Crippen MR) is 61.8 cm³/mol. The van der Waals surface area contributed by atoms with Crippen LogP contribution in [0.5, 0.6) is 0 Å². The van der Waals surface area contributed by atoms with Gasteiger partial charge in [0.2, 0.25) is 0 Å². The molecular formula is C11H21NO6. The summed E-state index contributed by atoms with van der Waals surface area (Å²) in [7, 11) is 0. The molecule has 1 heterocycles. The third-order valence-corrected chi connectivity index (χ3v) is 2.36. The van der Waals surface area contributed by atoms with Crippen LogP contribution < -0.4 is 0 Å². The zero-order valence-electron chi connectivity index (χ0n) is 10.1. The summed E-state index contributed by atoms with van der Waals surface area (Å²) in [5.41, 5.74) is 0. The second kappa shape index (κ2) is 10.2. The van der Waals surface area contributed by atoms with Crippen molar-refractivity contribution in [3.63, 3.8) is 0 Å². The van der Waals surface area contributed by atoms with E-state index in [1.807, 2.05) is 0 Å². The Balaban J connectivity index is 0.000000494. The minimum absolute atomic E-state index is 0.0630. The highest BCUT2D eigenvalue weighted by Crippen LogP contribution is 2.16.